The molecule has 3 heteroatoms. The summed E-state index contributed by atoms with van der Waals surface area (Å²) in [5.41, 5.74) is 2.53. The van der Waals surface area contributed by atoms with Gasteiger partial charge in [0.05, 0.1) is 6.20 Å². The molecule has 19 heavy (non-hydrogen) atoms. The van der Waals surface area contributed by atoms with Gasteiger partial charge in [0.1, 0.15) is 12.4 Å². The van der Waals surface area contributed by atoms with Gasteiger partial charge < -0.3 is 10.1 Å². The zero-order valence-electron chi connectivity index (χ0n) is 11.3. The maximum absolute atomic E-state index is 5.66. The van der Waals surface area contributed by atoms with E-state index in [2.05, 4.69) is 41.5 Å². The molecule has 0 saturated heterocycles. The molecule has 2 aromatic rings. The predicted molar refractivity (Wildman–Crippen MR) is 77.3 cm³/mol. The maximum Gasteiger partial charge on any atom is 0.138 e. The van der Waals surface area contributed by atoms with Crippen molar-refractivity contribution in [1.29, 1.82) is 0 Å². The molecule has 0 amide bonds. The number of ether oxygens (including phenoxy) is 1. The monoisotopic (exact) mass is 256 g/mol. The van der Waals surface area contributed by atoms with E-state index in [9.17, 15) is 0 Å². The molecule has 0 spiro atoms. The highest BCUT2D eigenvalue weighted by atomic mass is 16.5. The fraction of sp³-hybridized carbons (Fsp3) is 0.312. The molecule has 0 aliphatic rings. The summed E-state index contributed by atoms with van der Waals surface area (Å²) >= 11 is 0. The van der Waals surface area contributed by atoms with Crippen molar-refractivity contribution in [3.05, 3.63) is 59.9 Å². The van der Waals surface area contributed by atoms with E-state index in [-0.39, 0.29) is 0 Å². The van der Waals surface area contributed by atoms with E-state index in [0.717, 1.165) is 25.3 Å². The molecule has 0 atom stereocenters. The number of likely N-dealkylation sites (N-methyl/N-ethyl adjacent to an activating group) is 1. The number of hydrogen-bond donors (Lipinski definition) is 1. The molecule has 0 fully saturated rings. The molecule has 0 radical (unpaired) electrons. The van der Waals surface area contributed by atoms with E-state index < -0.39 is 0 Å². The molecule has 0 saturated carbocycles. The molecule has 3 nitrogen and oxygen atoms in total. The summed E-state index contributed by atoms with van der Waals surface area (Å²) in [4.78, 5) is 4.02. The van der Waals surface area contributed by atoms with Gasteiger partial charge in [-0.15, -0.1) is 0 Å². The second-order valence-electron chi connectivity index (χ2n) is 4.40. The van der Waals surface area contributed by atoms with Crippen LogP contribution in [0.2, 0.25) is 0 Å². The second kappa shape index (κ2) is 7.54. The average Bonchev–Trinajstić information content (AvgIpc) is 2.48. The standard InChI is InChI=1S/C16H20N2O/c1-2-17-11-9-14-5-7-15(8-6-14)13-19-16-4-3-10-18-12-16/h3-8,10,12,17H,2,9,11,13H2,1H3. The zero-order valence-corrected chi connectivity index (χ0v) is 11.3. The Morgan fingerprint density at radius 3 is 2.58 bits per heavy atom. The lowest BCUT2D eigenvalue weighted by Crippen LogP contribution is -2.15. The van der Waals surface area contributed by atoms with Crippen LogP contribution in [0.5, 0.6) is 5.75 Å². The zero-order chi connectivity index (χ0) is 13.3. The van der Waals surface area contributed by atoms with Crippen molar-refractivity contribution < 1.29 is 4.74 Å². The van der Waals surface area contributed by atoms with Gasteiger partial charge in [0, 0.05) is 6.20 Å². The van der Waals surface area contributed by atoms with Crippen LogP contribution in [0.15, 0.2) is 48.8 Å². The van der Waals surface area contributed by atoms with E-state index in [4.69, 9.17) is 4.74 Å². The predicted octanol–water partition coefficient (Wildman–Crippen LogP) is 2.81. The number of nitrogens with zero attached hydrogens (tertiary/aromatic N) is 1. The quantitative estimate of drug-likeness (QED) is 0.773. The van der Waals surface area contributed by atoms with Crippen molar-refractivity contribution in [3.8, 4) is 5.75 Å². The number of hydrogen-bond acceptors (Lipinski definition) is 3. The van der Waals surface area contributed by atoms with E-state index in [1.54, 1.807) is 12.4 Å². The Balaban J connectivity index is 1.81. The number of benzene rings is 1. The second-order valence-corrected chi connectivity index (χ2v) is 4.40. The highest BCUT2D eigenvalue weighted by molar-refractivity contribution is 5.23. The minimum Gasteiger partial charge on any atom is -0.487 e. The Labute approximate surface area is 114 Å². The summed E-state index contributed by atoms with van der Waals surface area (Å²) in [7, 11) is 0. The number of rotatable bonds is 7. The third kappa shape index (κ3) is 4.72. The molecule has 2 rings (SSSR count). The van der Waals surface area contributed by atoms with Crippen LogP contribution < -0.4 is 10.1 Å². The van der Waals surface area contributed by atoms with Crippen LogP contribution in [-0.4, -0.2) is 18.1 Å². The van der Waals surface area contributed by atoms with Crippen molar-refractivity contribution in [3.63, 3.8) is 0 Å². The van der Waals surface area contributed by atoms with E-state index in [1.807, 2.05) is 12.1 Å². The molecule has 0 aliphatic heterocycles. The molecular weight excluding hydrogens is 236 g/mol. The van der Waals surface area contributed by atoms with Crippen LogP contribution in [0.25, 0.3) is 0 Å². The van der Waals surface area contributed by atoms with Crippen LogP contribution in [-0.2, 0) is 13.0 Å². The van der Waals surface area contributed by atoms with Gasteiger partial charge in [-0.2, -0.15) is 0 Å². The highest BCUT2D eigenvalue weighted by Crippen LogP contribution is 2.11. The van der Waals surface area contributed by atoms with Gasteiger partial charge in [-0.3, -0.25) is 4.98 Å². The van der Waals surface area contributed by atoms with Crippen molar-refractivity contribution in [2.75, 3.05) is 13.1 Å². The number of nitrogens with one attached hydrogen (secondary N) is 1. The Bertz CT molecular complexity index is 468. The van der Waals surface area contributed by atoms with Gasteiger partial charge in [-0.05, 0) is 42.8 Å². The van der Waals surface area contributed by atoms with Crippen LogP contribution in [0, 0.1) is 0 Å². The summed E-state index contributed by atoms with van der Waals surface area (Å²) < 4.78 is 5.66. The minimum atomic E-state index is 0.583. The van der Waals surface area contributed by atoms with E-state index in [0.29, 0.717) is 6.61 Å². The molecule has 0 bridgehead atoms. The van der Waals surface area contributed by atoms with Crippen LogP contribution in [0.3, 0.4) is 0 Å². The van der Waals surface area contributed by atoms with Crippen LogP contribution >= 0.6 is 0 Å². The van der Waals surface area contributed by atoms with Crippen molar-refractivity contribution in [2.45, 2.75) is 20.0 Å². The Kier molecular flexibility index (Phi) is 5.38. The van der Waals surface area contributed by atoms with Crippen LogP contribution in [0.4, 0.5) is 0 Å². The van der Waals surface area contributed by atoms with Gasteiger partial charge in [-0.25, -0.2) is 0 Å². The largest absolute Gasteiger partial charge is 0.487 e. The molecule has 1 aromatic carbocycles. The number of aromatic nitrogens is 1. The third-order valence-electron chi connectivity index (χ3n) is 2.90. The van der Waals surface area contributed by atoms with E-state index >= 15 is 0 Å². The smallest absolute Gasteiger partial charge is 0.138 e. The fourth-order valence-corrected chi connectivity index (χ4v) is 1.81. The van der Waals surface area contributed by atoms with Crippen LogP contribution in [0.1, 0.15) is 18.1 Å². The lowest BCUT2D eigenvalue weighted by molar-refractivity contribution is 0.305. The highest BCUT2D eigenvalue weighted by Gasteiger charge is 1.97. The SMILES string of the molecule is CCNCCc1ccc(COc2cccnc2)cc1. The molecule has 0 unspecified atom stereocenters. The Morgan fingerprint density at radius 2 is 1.89 bits per heavy atom. The normalized spacial score (nSPS) is 10.4. The lowest BCUT2D eigenvalue weighted by atomic mass is 10.1. The number of pyridine rings is 1. The molecular formula is C16H20N2O. The third-order valence-corrected chi connectivity index (χ3v) is 2.90. The first-order valence-corrected chi connectivity index (χ1v) is 6.70. The summed E-state index contributed by atoms with van der Waals surface area (Å²) in [5, 5.41) is 3.33. The maximum atomic E-state index is 5.66. The lowest BCUT2D eigenvalue weighted by Gasteiger charge is -2.07. The van der Waals surface area contributed by atoms with Crippen molar-refractivity contribution in [1.82, 2.24) is 10.3 Å². The molecule has 0 aliphatic carbocycles. The topological polar surface area (TPSA) is 34.1 Å². The Morgan fingerprint density at radius 1 is 1.11 bits per heavy atom. The molecule has 100 valence electrons. The summed E-state index contributed by atoms with van der Waals surface area (Å²) in [5.74, 6) is 0.804. The first-order chi connectivity index (χ1) is 9.38. The van der Waals surface area contributed by atoms with Gasteiger partial charge in [0.15, 0.2) is 0 Å². The first-order valence-electron chi connectivity index (χ1n) is 6.70. The minimum absolute atomic E-state index is 0.583. The van der Waals surface area contributed by atoms with Gasteiger partial charge >= 0.3 is 0 Å². The van der Waals surface area contributed by atoms with Crippen molar-refractivity contribution in [2.24, 2.45) is 0 Å². The molecule has 1 aromatic heterocycles. The van der Waals surface area contributed by atoms with Gasteiger partial charge in [0.25, 0.3) is 0 Å². The summed E-state index contributed by atoms with van der Waals surface area (Å²) in [6.07, 6.45) is 4.54. The van der Waals surface area contributed by atoms with Gasteiger partial charge in [-0.1, -0.05) is 31.2 Å². The Hall–Kier alpha value is -1.87. The van der Waals surface area contributed by atoms with E-state index in [1.165, 1.54) is 11.1 Å². The average molecular weight is 256 g/mol. The van der Waals surface area contributed by atoms with Crippen molar-refractivity contribution >= 4 is 0 Å². The fourth-order valence-electron chi connectivity index (χ4n) is 1.81. The van der Waals surface area contributed by atoms with Gasteiger partial charge in [0.2, 0.25) is 0 Å². The molecule has 1 heterocycles. The molecule has 1 N–H and O–H groups in total. The summed E-state index contributed by atoms with van der Waals surface area (Å²) in [6.45, 7) is 4.76. The summed E-state index contributed by atoms with van der Waals surface area (Å²) in [6, 6.07) is 12.4. The first kappa shape index (κ1) is 13.6.